The van der Waals surface area contributed by atoms with Crippen molar-refractivity contribution < 1.29 is 19.7 Å². The lowest BCUT2D eigenvalue weighted by Gasteiger charge is -2.09. The van der Waals surface area contributed by atoms with Crippen LogP contribution in [0.2, 0.25) is 0 Å². The molecule has 6 nitrogen and oxygen atoms in total. The molecule has 0 saturated heterocycles. The van der Waals surface area contributed by atoms with Gasteiger partial charge in [-0.15, -0.1) is 0 Å². The number of carboxylic acids is 1. The molecular formula is C17H10N2O4. The van der Waals surface area contributed by atoms with Crippen molar-refractivity contribution in [2.24, 2.45) is 0 Å². The van der Waals surface area contributed by atoms with Gasteiger partial charge in [-0.3, -0.25) is 0 Å². The lowest BCUT2D eigenvalue weighted by Crippen LogP contribution is -2.03. The number of aromatic hydroxyl groups is 1. The fraction of sp³-hybridized carbons (Fsp3) is 0. The number of pyridine rings is 1. The molecule has 0 aliphatic carbocycles. The lowest BCUT2D eigenvalue weighted by molar-refractivity contribution is 0.0687. The predicted octanol–water partition coefficient (Wildman–Crippen LogP) is 3.30. The van der Waals surface area contributed by atoms with Crippen molar-refractivity contribution >= 4 is 16.7 Å². The number of rotatable bonds is 3. The zero-order valence-corrected chi connectivity index (χ0v) is 11.7. The van der Waals surface area contributed by atoms with Crippen LogP contribution in [0.5, 0.6) is 17.2 Å². The summed E-state index contributed by atoms with van der Waals surface area (Å²) in [4.78, 5) is 14.8. The average molecular weight is 306 g/mol. The van der Waals surface area contributed by atoms with E-state index in [9.17, 15) is 9.90 Å². The lowest BCUT2D eigenvalue weighted by atomic mass is 10.1. The van der Waals surface area contributed by atoms with E-state index in [1.165, 1.54) is 6.07 Å². The molecule has 1 heterocycles. The van der Waals surface area contributed by atoms with Crippen molar-refractivity contribution in [3.05, 3.63) is 59.9 Å². The summed E-state index contributed by atoms with van der Waals surface area (Å²) >= 11 is 0. The monoisotopic (exact) mass is 306 g/mol. The Balaban J connectivity index is 2.17. The van der Waals surface area contributed by atoms with Crippen molar-refractivity contribution in [1.82, 2.24) is 4.98 Å². The zero-order chi connectivity index (χ0) is 16.4. The summed E-state index contributed by atoms with van der Waals surface area (Å²) in [6.07, 6.45) is 0. The van der Waals surface area contributed by atoms with E-state index in [2.05, 4.69) is 4.98 Å². The van der Waals surface area contributed by atoms with Crippen molar-refractivity contribution in [3.63, 3.8) is 0 Å². The van der Waals surface area contributed by atoms with Gasteiger partial charge in [-0.1, -0.05) is 18.2 Å². The van der Waals surface area contributed by atoms with Crippen LogP contribution < -0.4 is 4.74 Å². The normalized spacial score (nSPS) is 10.2. The first-order valence-corrected chi connectivity index (χ1v) is 6.63. The Kier molecular flexibility index (Phi) is 3.53. The second-order valence-electron chi connectivity index (χ2n) is 4.70. The third kappa shape index (κ3) is 2.63. The summed E-state index contributed by atoms with van der Waals surface area (Å²) in [5.74, 6) is -0.898. The Morgan fingerprint density at radius 1 is 1.09 bits per heavy atom. The van der Waals surface area contributed by atoms with Gasteiger partial charge in [0.1, 0.15) is 23.3 Å². The molecule has 0 aliphatic rings. The van der Waals surface area contributed by atoms with E-state index < -0.39 is 17.4 Å². The predicted molar refractivity (Wildman–Crippen MR) is 81.6 cm³/mol. The Morgan fingerprint density at radius 2 is 1.83 bits per heavy atom. The summed E-state index contributed by atoms with van der Waals surface area (Å²) in [7, 11) is 0. The van der Waals surface area contributed by atoms with Crippen molar-refractivity contribution in [2.75, 3.05) is 0 Å². The van der Waals surface area contributed by atoms with Crippen molar-refractivity contribution in [2.45, 2.75) is 0 Å². The molecule has 2 aromatic carbocycles. The van der Waals surface area contributed by atoms with Gasteiger partial charge in [0.25, 0.3) is 0 Å². The minimum atomic E-state index is -1.41. The number of hydrogen-bond acceptors (Lipinski definition) is 5. The molecule has 2 N–H and O–H groups in total. The van der Waals surface area contributed by atoms with Gasteiger partial charge in [0, 0.05) is 10.8 Å². The van der Waals surface area contributed by atoms with E-state index in [1.807, 2.05) is 24.3 Å². The molecule has 112 valence electrons. The molecule has 3 aromatic rings. The summed E-state index contributed by atoms with van der Waals surface area (Å²) in [6.45, 7) is 0. The maximum atomic E-state index is 11.1. The van der Waals surface area contributed by atoms with Gasteiger partial charge in [-0.05, 0) is 30.3 Å². The number of hydrogen-bond donors (Lipinski definition) is 2. The van der Waals surface area contributed by atoms with Gasteiger partial charge in [-0.25, -0.2) is 9.78 Å². The van der Waals surface area contributed by atoms with Gasteiger partial charge >= 0.3 is 5.97 Å². The second kappa shape index (κ2) is 5.66. The Morgan fingerprint density at radius 3 is 2.48 bits per heavy atom. The first kappa shape index (κ1) is 14.4. The molecule has 6 heteroatoms. The van der Waals surface area contributed by atoms with Crippen LogP contribution in [0.1, 0.15) is 16.2 Å². The van der Waals surface area contributed by atoms with Crippen LogP contribution in [0.3, 0.4) is 0 Å². The molecule has 1 aromatic heterocycles. The largest absolute Gasteiger partial charge is 0.505 e. The quantitative estimate of drug-likeness (QED) is 0.769. The van der Waals surface area contributed by atoms with E-state index in [0.717, 1.165) is 0 Å². The number of fused-ring (bicyclic) bond motifs is 1. The highest BCUT2D eigenvalue weighted by molar-refractivity contribution is 6.00. The van der Waals surface area contributed by atoms with E-state index in [1.54, 1.807) is 24.3 Å². The Hall–Kier alpha value is -3.59. The number of aromatic carboxylic acids is 1. The third-order valence-corrected chi connectivity index (χ3v) is 3.24. The maximum Gasteiger partial charge on any atom is 0.358 e. The molecule has 0 radical (unpaired) electrons. The molecule has 0 atom stereocenters. The molecule has 0 spiro atoms. The Bertz CT molecular complexity index is 946. The number of ether oxygens (including phenoxy) is 1. The van der Waals surface area contributed by atoms with Gasteiger partial charge in [0.2, 0.25) is 0 Å². The fourth-order valence-corrected chi connectivity index (χ4v) is 2.20. The minimum Gasteiger partial charge on any atom is -0.505 e. The summed E-state index contributed by atoms with van der Waals surface area (Å²) in [5, 5.41) is 28.9. The molecule has 0 unspecified atom stereocenters. The molecular weight excluding hydrogens is 296 g/mol. The minimum absolute atomic E-state index is 0.0681. The zero-order valence-electron chi connectivity index (χ0n) is 11.7. The van der Waals surface area contributed by atoms with Crippen LogP contribution in [0.25, 0.3) is 10.8 Å². The molecule has 0 bridgehead atoms. The molecule has 3 rings (SSSR count). The van der Waals surface area contributed by atoms with Crippen LogP contribution in [0.15, 0.2) is 48.5 Å². The summed E-state index contributed by atoms with van der Waals surface area (Å²) < 4.78 is 5.65. The van der Waals surface area contributed by atoms with Crippen LogP contribution in [0.4, 0.5) is 0 Å². The van der Waals surface area contributed by atoms with E-state index in [4.69, 9.17) is 15.1 Å². The number of para-hydroxylation sites is 1. The summed E-state index contributed by atoms with van der Waals surface area (Å²) in [6, 6.07) is 15.5. The second-order valence-corrected chi connectivity index (χ2v) is 4.70. The highest BCUT2D eigenvalue weighted by Crippen LogP contribution is 2.33. The van der Waals surface area contributed by atoms with E-state index in [0.29, 0.717) is 16.9 Å². The molecule has 0 amide bonds. The van der Waals surface area contributed by atoms with Gasteiger partial charge in [0.15, 0.2) is 11.4 Å². The maximum absolute atomic E-state index is 11.1. The van der Waals surface area contributed by atoms with Gasteiger partial charge in [0.05, 0.1) is 0 Å². The van der Waals surface area contributed by atoms with E-state index >= 15 is 0 Å². The van der Waals surface area contributed by atoms with Crippen LogP contribution in [-0.2, 0) is 0 Å². The number of nitriles is 1. The van der Waals surface area contributed by atoms with E-state index in [-0.39, 0.29) is 11.1 Å². The van der Waals surface area contributed by atoms with Crippen LogP contribution >= 0.6 is 0 Å². The standard InChI is InChI=1S/C17H10N2O4/c18-9-14-12-7-6-11(23-10-4-2-1-3-5-10)8-13(12)16(20)15(19-14)17(21)22/h1-8,20H,(H,21,22). The molecule has 0 aliphatic heterocycles. The number of benzene rings is 2. The van der Waals surface area contributed by atoms with Crippen molar-refractivity contribution in [3.8, 4) is 23.3 Å². The van der Waals surface area contributed by atoms with Crippen LogP contribution in [-0.4, -0.2) is 21.2 Å². The molecule has 0 fully saturated rings. The highest BCUT2D eigenvalue weighted by Gasteiger charge is 2.19. The number of nitrogens with zero attached hydrogens (tertiary/aromatic N) is 2. The van der Waals surface area contributed by atoms with Gasteiger partial charge < -0.3 is 14.9 Å². The highest BCUT2D eigenvalue weighted by atomic mass is 16.5. The fourth-order valence-electron chi connectivity index (χ4n) is 2.20. The first-order chi connectivity index (χ1) is 11.1. The summed E-state index contributed by atoms with van der Waals surface area (Å²) in [5.41, 5.74) is -0.632. The van der Waals surface area contributed by atoms with Crippen LogP contribution in [0, 0.1) is 11.3 Å². The third-order valence-electron chi connectivity index (χ3n) is 3.24. The smallest absolute Gasteiger partial charge is 0.358 e. The number of aromatic nitrogens is 1. The number of carboxylic acid groups (broad SMARTS) is 1. The van der Waals surface area contributed by atoms with Gasteiger partial charge in [-0.2, -0.15) is 5.26 Å². The SMILES string of the molecule is N#Cc1nc(C(=O)O)c(O)c2cc(Oc3ccccc3)ccc12. The first-order valence-electron chi connectivity index (χ1n) is 6.63. The topological polar surface area (TPSA) is 103 Å². The molecule has 23 heavy (non-hydrogen) atoms. The van der Waals surface area contributed by atoms with Crippen molar-refractivity contribution in [1.29, 1.82) is 5.26 Å². The average Bonchev–Trinajstić information content (AvgIpc) is 2.56. The Labute approximate surface area is 130 Å². The number of carbonyl (C=O) groups is 1. The molecule has 0 saturated carbocycles.